The maximum Gasteiger partial charge on any atom is 0.228 e. The van der Waals surface area contributed by atoms with Crippen LogP contribution >= 0.6 is 27.3 Å². The second-order valence-corrected chi connectivity index (χ2v) is 6.55. The zero-order valence-electron chi connectivity index (χ0n) is 12.0. The van der Waals surface area contributed by atoms with E-state index in [4.69, 9.17) is 4.74 Å². The molecule has 0 bridgehead atoms. The van der Waals surface area contributed by atoms with E-state index in [1.54, 1.807) is 5.38 Å². The Morgan fingerprint density at radius 3 is 2.55 bits per heavy atom. The Balaban J connectivity index is 2.04. The van der Waals surface area contributed by atoms with E-state index in [1.807, 2.05) is 26.0 Å². The van der Waals surface area contributed by atoms with E-state index in [2.05, 4.69) is 20.9 Å². The van der Waals surface area contributed by atoms with Gasteiger partial charge in [-0.25, -0.2) is 4.98 Å². The van der Waals surface area contributed by atoms with Gasteiger partial charge in [0, 0.05) is 22.2 Å². The summed E-state index contributed by atoms with van der Waals surface area (Å²) in [7, 11) is 0. The molecule has 1 aromatic carbocycles. The van der Waals surface area contributed by atoms with Crippen LogP contribution in [0.5, 0.6) is 5.75 Å². The van der Waals surface area contributed by atoms with Crippen LogP contribution in [-0.4, -0.2) is 23.3 Å². The van der Waals surface area contributed by atoms with E-state index in [0.29, 0.717) is 11.4 Å². The van der Waals surface area contributed by atoms with E-state index in [1.165, 1.54) is 0 Å². The monoisotopic (exact) mass is 382 g/mol. The van der Waals surface area contributed by atoms with Crippen molar-refractivity contribution >= 4 is 39.0 Å². The van der Waals surface area contributed by atoms with E-state index in [9.17, 15) is 14.7 Å². The lowest BCUT2D eigenvalue weighted by molar-refractivity contribution is -0.304. The topological polar surface area (TPSA) is 79.3 Å². The molecule has 0 saturated heterocycles. The van der Waals surface area contributed by atoms with Crippen LogP contribution in [0.1, 0.15) is 26.6 Å². The third kappa shape index (κ3) is 4.14. The number of ether oxygens (including phenoxy) is 1. The maximum absolute atomic E-state index is 12.1. The lowest BCUT2D eigenvalue weighted by atomic mass is 10.1. The van der Waals surface area contributed by atoms with Crippen molar-refractivity contribution in [3.63, 3.8) is 0 Å². The highest BCUT2D eigenvalue weighted by Crippen LogP contribution is 2.27. The lowest BCUT2D eigenvalue weighted by Crippen LogP contribution is -2.24. The number of carboxylic acids is 1. The number of aryl methyl sites for hydroxylation is 2. The molecule has 2 rings (SSSR count). The molecule has 116 valence electrons. The smallest absolute Gasteiger partial charge is 0.228 e. The number of thiazole rings is 1. The number of rotatable bonds is 6. The molecular formula is C15H13BrNO4S-. The van der Waals surface area contributed by atoms with Crippen LogP contribution in [0.4, 0.5) is 0 Å². The first-order valence-corrected chi connectivity index (χ1v) is 8.11. The second-order valence-electron chi connectivity index (χ2n) is 4.77. The minimum Gasteiger partial charge on any atom is -0.550 e. The van der Waals surface area contributed by atoms with Gasteiger partial charge in [0.15, 0.2) is 11.6 Å². The van der Waals surface area contributed by atoms with Gasteiger partial charge in [-0.1, -0.05) is 15.9 Å². The highest BCUT2D eigenvalue weighted by Gasteiger charge is 2.14. The van der Waals surface area contributed by atoms with Gasteiger partial charge in [0.1, 0.15) is 5.75 Å². The first-order valence-electron chi connectivity index (χ1n) is 6.44. The predicted octanol–water partition coefficient (Wildman–Crippen LogP) is 2.08. The van der Waals surface area contributed by atoms with Crippen molar-refractivity contribution in [2.24, 2.45) is 0 Å². The van der Waals surface area contributed by atoms with Gasteiger partial charge in [0.2, 0.25) is 5.78 Å². The third-order valence-electron chi connectivity index (χ3n) is 2.89. The molecule has 0 spiro atoms. The number of carboxylic acid groups (broad SMARTS) is 1. The second kappa shape index (κ2) is 7.02. The standard InChI is InChI=1S/C15H14BrNO4S/c1-8-3-10(16)4-9(2)14(8)21-6-12(18)15-17-11(7-22-15)5-13(19)20/h3-4,7H,5-6H2,1-2H3,(H,19,20)/p-1. The van der Waals surface area contributed by atoms with Crippen LogP contribution in [0.25, 0.3) is 0 Å². The molecule has 0 fully saturated rings. The molecule has 2 aromatic rings. The number of aromatic nitrogens is 1. The number of nitrogens with zero attached hydrogens (tertiary/aromatic N) is 1. The van der Waals surface area contributed by atoms with E-state index >= 15 is 0 Å². The molecule has 0 radical (unpaired) electrons. The zero-order chi connectivity index (χ0) is 16.3. The Morgan fingerprint density at radius 2 is 1.95 bits per heavy atom. The molecular weight excluding hydrogens is 370 g/mol. The van der Waals surface area contributed by atoms with Crippen molar-refractivity contribution in [1.82, 2.24) is 4.98 Å². The normalized spacial score (nSPS) is 10.5. The Labute approximate surface area is 140 Å². The molecule has 0 saturated carbocycles. The van der Waals surface area contributed by atoms with Crippen LogP contribution in [0.15, 0.2) is 22.0 Å². The molecule has 0 aliphatic rings. The Kier molecular flexibility index (Phi) is 5.31. The Hall–Kier alpha value is -1.73. The van der Waals surface area contributed by atoms with Gasteiger partial charge in [-0.05, 0) is 37.1 Å². The van der Waals surface area contributed by atoms with Crippen molar-refractivity contribution in [3.05, 3.63) is 43.8 Å². The van der Waals surface area contributed by atoms with Gasteiger partial charge in [-0.3, -0.25) is 4.79 Å². The molecule has 0 atom stereocenters. The average molecular weight is 383 g/mol. The zero-order valence-corrected chi connectivity index (χ0v) is 14.4. The molecule has 0 unspecified atom stereocenters. The van der Waals surface area contributed by atoms with Crippen LogP contribution in [0.3, 0.4) is 0 Å². The average Bonchev–Trinajstić information content (AvgIpc) is 2.84. The Morgan fingerprint density at radius 1 is 1.32 bits per heavy atom. The van der Waals surface area contributed by atoms with Crippen LogP contribution in [-0.2, 0) is 11.2 Å². The van der Waals surface area contributed by atoms with Gasteiger partial charge in [0.05, 0.1) is 5.69 Å². The molecule has 0 aliphatic heterocycles. The molecule has 0 aliphatic carbocycles. The number of hydrogen-bond donors (Lipinski definition) is 0. The SMILES string of the molecule is Cc1cc(Br)cc(C)c1OCC(=O)c1nc(CC(=O)[O-])cs1. The molecule has 7 heteroatoms. The number of carbonyl (C=O) groups is 2. The summed E-state index contributed by atoms with van der Waals surface area (Å²) in [5.74, 6) is -0.832. The Bertz CT molecular complexity index is 703. The fourth-order valence-corrected chi connectivity index (χ4v) is 3.42. The quantitative estimate of drug-likeness (QED) is 0.714. The number of benzene rings is 1. The summed E-state index contributed by atoms with van der Waals surface area (Å²) in [5.41, 5.74) is 2.18. The van der Waals surface area contributed by atoms with Gasteiger partial charge >= 0.3 is 0 Å². The number of halogens is 1. The summed E-state index contributed by atoms with van der Waals surface area (Å²) in [6.07, 6.45) is -0.296. The van der Waals surface area contributed by atoms with Gasteiger partial charge in [0.25, 0.3) is 0 Å². The summed E-state index contributed by atoms with van der Waals surface area (Å²) >= 11 is 4.51. The van der Waals surface area contributed by atoms with Crippen molar-refractivity contribution in [2.75, 3.05) is 6.61 Å². The first kappa shape index (κ1) is 16.6. The number of hydrogen-bond acceptors (Lipinski definition) is 6. The van der Waals surface area contributed by atoms with Gasteiger partial charge < -0.3 is 14.6 Å². The summed E-state index contributed by atoms with van der Waals surface area (Å²) < 4.78 is 6.55. The summed E-state index contributed by atoms with van der Waals surface area (Å²) in [4.78, 5) is 26.5. The minimum absolute atomic E-state index is 0.137. The van der Waals surface area contributed by atoms with Crippen LogP contribution in [0.2, 0.25) is 0 Å². The van der Waals surface area contributed by atoms with Gasteiger partial charge in [-0.15, -0.1) is 11.3 Å². The first-order chi connectivity index (χ1) is 10.4. The fraction of sp³-hybridized carbons (Fsp3) is 0.267. The van der Waals surface area contributed by atoms with Crippen LogP contribution < -0.4 is 9.84 Å². The van der Waals surface area contributed by atoms with Crippen LogP contribution in [0, 0.1) is 13.8 Å². The molecule has 0 amide bonds. The summed E-state index contributed by atoms with van der Waals surface area (Å²) in [5, 5.41) is 12.3. The predicted molar refractivity (Wildman–Crippen MR) is 84.3 cm³/mol. The number of Topliss-reactive ketones (excluding diaryl/α,β-unsaturated/α-hetero) is 1. The largest absolute Gasteiger partial charge is 0.550 e. The van der Waals surface area contributed by atoms with E-state index < -0.39 is 5.97 Å². The molecule has 1 heterocycles. The third-order valence-corrected chi connectivity index (χ3v) is 4.28. The molecule has 1 aromatic heterocycles. The minimum atomic E-state index is -1.22. The van der Waals surface area contributed by atoms with Gasteiger partial charge in [-0.2, -0.15) is 0 Å². The highest BCUT2D eigenvalue weighted by atomic mass is 79.9. The molecule has 0 N–H and O–H groups in total. The lowest BCUT2D eigenvalue weighted by Gasteiger charge is -2.11. The van der Waals surface area contributed by atoms with Crippen molar-refractivity contribution in [1.29, 1.82) is 0 Å². The molecule has 22 heavy (non-hydrogen) atoms. The fourth-order valence-electron chi connectivity index (χ4n) is 1.99. The number of ketones is 1. The summed E-state index contributed by atoms with van der Waals surface area (Å²) in [6.45, 7) is 3.67. The number of carbonyl (C=O) groups excluding carboxylic acids is 2. The highest BCUT2D eigenvalue weighted by molar-refractivity contribution is 9.10. The van der Waals surface area contributed by atoms with Crippen molar-refractivity contribution in [3.8, 4) is 5.75 Å². The van der Waals surface area contributed by atoms with E-state index in [-0.39, 0.29) is 23.8 Å². The molecule has 5 nitrogen and oxygen atoms in total. The number of aliphatic carboxylic acids is 1. The van der Waals surface area contributed by atoms with Crippen molar-refractivity contribution < 1.29 is 19.4 Å². The van der Waals surface area contributed by atoms with Crippen molar-refractivity contribution in [2.45, 2.75) is 20.3 Å². The summed E-state index contributed by atoms with van der Waals surface area (Å²) in [6, 6.07) is 3.82. The maximum atomic E-state index is 12.1. The van der Waals surface area contributed by atoms with E-state index in [0.717, 1.165) is 26.9 Å².